The van der Waals surface area contributed by atoms with Crippen LogP contribution in [-0.4, -0.2) is 30.1 Å². The average molecular weight is 421 g/mol. The van der Waals surface area contributed by atoms with Crippen molar-refractivity contribution in [3.63, 3.8) is 0 Å². The summed E-state index contributed by atoms with van der Waals surface area (Å²) in [5.74, 6) is 0.0393. The van der Waals surface area contributed by atoms with Crippen molar-refractivity contribution in [2.75, 3.05) is 18.1 Å². The Morgan fingerprint density at radius 3 is 2.89 bits per heavy atom. The lowest BCUT2D eigenvalue weighted by molar-refractivity contribution is -0.118. The Morgan fingerprint density at radius 1 is 1.33 bits per heavy atom. The third-order valence-corrected chi connectivity index (χ3v) is 6.97. The fourth-order valence-electron chi connectivity index (χ4n) is 3.44. The molecule has 1 unspecified atom stereocenters. The molecule has 0 N–H and O–H groups in total. The number of thiazole rings is 1. The summed E-state index contributed by atoms with van der Waals surface area (Å²) in [6.07, 6.45) is 2.44. The molecule has 1 aliphatic rings. The van der Waals surface area contributed by atoms with Crippen molar-refractivity contribution in [3.05, 3.63) is 44.6 Å². The second-order valence-electron chi connectivity index (χ2n) is 6.95. The minimum atomic E-state index is 0.0393. The van der Waals surface area contributed by atoms with Gasteiger partial charge < -0.3 is 4.74 Å². The van der Waals surface area contributed by atoms with Crippen LogP contribution in [0.3, 0.4) is 0 Å². The molecular formula is C20H21ClN2O2S2. The lowest BCUT2D eigenvalue weighted by Gasteiger charge is -2.22. The molecule has 0 aliphatic carbocycles. The smallest absolute Gasteiger partial charge is 0.234 e. The van der Waals surface area contributed by atoms with E-state index in [9.17, 15) is 4.79 Å². The topological polar surface area (TPSA) is 42.4 Å². The Morgan fingerprint density at radius 2 is 2.19 bits per heavy atom. The molecular weight excluding hydrogens is 400 g/mol. The molecule has 7 heteroatoms. The number of carbonyl (C=O) groups excluding carboxylic acids is 1. The highest BCUT2D eigenvalue weighted by molar-refractivity contribution is 7.22. The Hall–Kier alpha value is -1.47. The van der Waals surface area contributed by atoms with Crippen molar-refractivity contribution in [2.45, 2.75) is 39.2 Å². The number of halogens is 1. The number of amides is 1. The number of carbonyl (C=O) groups is 1. The molecule has 0 saturated carbocycles. The molecule has 1 atom stereocenters. The SMILES string of the molecule is Cc1cc(C)c2nc(N(CC3CCCO3)C(=O)Cc3ccc(Cl)s3)sc2c1. The molecule has 1 amide bonds. The number of hydrogen-bond acceptors (Lipinski definition) is 5. The van der Waals surface area contributed by atoms with Crippen molar-refractivity contribution in [1.29, 1.82) is 0 Å². The molecule has 0 bridgehead atoms. The van der Waals surface area contributed by atoms with Crippen LogP contribution in [0.25, 0.3) is 10.2 Å². The predicted molar refractivity (Wildman–Crippen MR) is 113 cm³/mol. The molecule has 1 aliphatic heterocycles. The third-order valence-electron chi connectivity index (χ3n) is 4.72. The molecule has 1 fully saturated rings. The van der Waals surface area contributed by atoms with Gasteiger partial charge in [0.2, 0.25) is 5.91 Å². The van der Waals surface area contributed by atoms with Gasteiger partial charge in [0.15, 0.2) is 5.13 Å². The summed E-state index contributed by atoms with van der Waals surface area (Å²) in [5, 5.41) is 0.752. The normalized spacial score (nSPS) is 16.9. The number of thiophene rings is 1. The van der Waals surface area contributed by atoms with Crippen LogP contribution < -0.4 is 4.90 Å². The summed E-state index contributed by atoms with van der Waals surface area (Å²) in [6.45, 7) is 5.47. The Kier molecular flexibility index (Phi) is 5.50. The van der Waals surface area contributed by atoms with E-state index >= 15 is 0 Å². The fourth-order valence-corrected chi connectivity index (χ4v) is 5.69. The highest BCUT2D eigenvalue weighted by Gasteiger charge is 2.26. The number of aromatic nitrogens is 1. The predicted octanol–water partition coefficient (Wildman–Crippen LogP) is 5.38. The van der Waals surface area contributed by atoms with Crippen LogP contribution >= 0.6 is 34.3 Å². The second kappa shape index (κ2) is 7.87. The van der Waals surface area contributed by atoms with Gasteiger partial charge in [0.1, 0.15) is 0 Å². The maximum atomic E-state index is 13.1. The van der Waals surface area contributed by atoms with Crippen molar-refractivity contribution >= 4 is 55.5 Å². The van der Waals surface area contributed by atoms with Crippen molar-refractivity contribution in [3.8, 4) is 0 Å². The summed E-state index contributed by atoms with van der Waals surface area (Å²) >= 11 is 9.05. The lowest BCUT2D eigenvalue weighted by Crippen LogP contribution is -2.38. The zero-order valence-corrected chi connectivity index (χ0v) is 17.7. The minimum absolute atomic E-state index is 0.0393. The first-order valence-corrected chi connectivity index (χ1v) is 11.0. The number of rotatable bonds is 5. The molecule has 0 radical (unpaired) electrons. The van der Waals surface area contributed by atoms with E-state index in [4.69, 9.17) is 21.3 Å². The van der Waals surface area contributed by atoms with Gasteiger partial charge >= 0.3 is 0 Å². The maximum Gasteiger partial charge on any atom is 0.234 e. The van der Waals surface area contributed by atoms with Gasteiger partial charge in [-0.2, -0.15) is 0 Å². The molecule has 4 rings (SSSR count). The first-order valence-electron chi connectivity index (χ1n) is 9.03. The molecule has 1 saturated heterocycles. The monoisotopic (exact) mass is 420 g/mol. The molecule has 1 aromatic carbocycles. The van der Waals surface area contributed by atoms with Crippen molar-refractivity contribution in [1.82, 2.24) is 4.98 Å². The summed E-state index contributed by atoms with van der Waals surface area (Å²) < 4.78 is 7.61. The summed E-state index contributed by atoms with van der Waals surface area (Å²) in [6, 6.07) is 8.02. The first-order chi connectivity index (χ1) is 13.0. The van der Waals surface area contributed by atoms with Gasteiger partial charge in [0.05, 0.1) is 33.6 Å². The zero-order chi connectivity index (χ0) is 19.0. The van der Waals surface area contributed by atoms with Crippen LogP contribution in [0.2, 0.25) is 4.34 Å². The summed E-state index contributed by atoms with van der Waals surface area (Å²) in [5.41, 5.74) is 3.33. The molecule has 142 valence electrons. The highest BCUT2D eigenvalue weighted by Crippen LogP contribution is 2.33. The summed E-state index contributed by atoms with van der Waals surface area (Å²) in [7, 11) is 0. The van der Waals surface area contributed by atoms with E-state index in [0.29, 0.717) is 17.3 Å². The van der Waals surface area contributed by atoms with Gasteiger partial charge in [0, 0.05) is 11.5 Å². The largest absolute Gasteiger partial charge is 0.376 e. The van der Waals surface area contributed by atoms with Gasteiger partial charge in [-0.25, -0.2) is 4.98 Å². The van der Waals surface area contributed by atoms with Gasteiger partial charge in [0.25, 0.3) is 0 Å². The van der Waals surface area contributed by atoms with Crippen molar-refractivity contribution < 1.29 is 9.53 Å². The van der Waals surface area contributed by atoms with E-state index in [0.717, 1.165) is 45.2 Å². The molecule has 27 heavy (non-hydrogen) atoms. The number of fused-ring (bicyclic) bond motifs is 1. The second-order valence-corrected chi connectivity index (χ2v) is 9.76. The number of anilines is 1. The van der Waals surface area contributed by atoms with E-state index in [-0.39, 0.29) is 12.0 Å². The van der Waals surface area contributed by atoms with Crippen LogP contribution in [0.1, 0.15) is 28.8 Å². The van der Waals surface area contributed by atoms with Crippen LogP contribution in [-0.2, 0) is 16.0 Å². The average Bonchev–Trinajstić information content (AvgIpc) is 3.33. The Balaban J connectivity index is 1.66. The van der Waals surface area contributed by atoms with Crippen LogP contribution in [0.4, 0.5) is 5.13 Å². The highest BCUT2D eigenvalue weighted by atomic mass is 35.5. The number of benzene rings is 1. The number of nitrogens with zero attached hydrogens (tertiary/aromatic N) is 2. The molecule has 4 nitrogen and oxygen atoms in total. The van der Waals surface area contributed by atoms with Crippen LogP contribution in [0.15, 0.2) is 24.3 Å². The van der Waals surface area contributed by atoms with Gasteiger partial charge in [-0.3, -0.25) is 9.69 Å². The first kappa shape index (κ1) is 18.9. The van der Waals surface area contributed by atoms with Gasteiger partial charge in [-0.05, 0) is 56.0 Å². The Labute approximate surface area is 171 Å². The zero-order valence-electron chi connectivity index (χ0n) is 15.3. The standard InChI is InChI=1S/C20H21ClN2O2S2/c1-12-8-13(2)19-16(9-12)27-20(22-19)23(11-14-4-3-7-25-14)18(24)10-15-5-6-17(21)26-15/h5-6,8-9,14H,3-4,7,10-11H2,1-2H3. The van der Waals surface area contributed by atoms with E-state index in [1.165, 1.54) is 16.9 Å². The van der Waals surface area contributed by atoms with Gasteiger partial charge in [-0.1, -0.05) is 29.0 Å². The summed E-state index contributed by atoms with van der Waals surface area (Å²) in [4.78, 5) is 20.7. The van der Waals surface area contributed by atoms with Crippen LogP contribution in [0.5, 0.6) is 0 Å². The molecule has 3 aromatic rings. The van der Waals surface area contributed by atoms with E-state index in [1.807, 2.05) is 17.0 Å². The molecule has 3 heterocycles. The maximum absolute atomic E-state index is 13.1. The lowest BCUT2D eigenvalue weighted by atomic mass is 10.1. The van der Waals surface area contributed by atoms with Crippen LogP contribution in [0, 0.1) is 13.8 Å². The molecule has 2 aromatic heterocycles. The van der Waals surface area contributed by atoms with E-state index < -0.39 is 0 Å². The number of ether oxygens (including phenoxy) is 1. The molecule has 0 spiro atoms. The van der Waals surface area contributed by atoms with E-state index in [2.05, 4.69) is 26.0 Å². The van der Waals surface area contributed by atoms with E-state index in [1.54, 1.807) is 11.3 Å². The van der Waals surface area contributed by atoms with Gasteiger partial charge in [-0.15, -0.1) is 11.3 Å². The Bertz CT molecular complexity index is 976. The fraction of sp³-hybridized carbons (Fsp3) is 0.400. The quantitative estimate of drug-likeness (QED) is 0.556. The number of hydrogen-bond donors (Lipinski definition) is 0. The third kappa shape index (κ3) is 4.19. The van der Waals surface area contributed by atoms with Crippen molar-refractivity contribution in [2.24, 2.45) is 0 Å². The number of aryl methyl sites for hydroxylation is 2. The minimum Gasteiger partial charge on any atom is -0.376 e.